The minimum absolute atomic E-state index is 0.0814. The molecule has 1 unspecified atom stereocenters. The van der Waals surface area contributed by atoms with Gasteiger partial charge in [0.25, 0.3) is 5.91 Å². The lowest BCUT2D eigenvalue weighted by Gasteiger charge is -2.12. The average Bonchev–Trinajstić information content (AvgIpc) is 3.47. The number of ether oxygens (including phenoxy) is 1. The molecule has 9 heteroatoms. The van der Waals surface area contributed by atoms with Gasteiger partial charge in [-0.15, -0.1) is 0 Å². The monoisotopic (exact) mass is 439 g/mol. The smallest absolute Gasteiger partial charge is 0.298 e. The van der Waals surface area contributed by atoms with Gasteiger partial charge in [-0.3, -0.25) is 9.20 Å². The van der Waals surface area contributed by atoms with E-state index in [-0.39, 0.29) is 11.8 Å². The van der Waals surface area contributed by atoms with E-state index in [1.165, 1.54) is 0 Å². The number of pyridine rings is 2. The van der Waals surface area contributed by atoms with Crippen LogP contribution in [-0.2, 0) is 4.79 Å². The van der Waals surface area contributed by atoms with Crippen LogP contribution in [0.15, 0.2) is 55.0 Å². The molecule has 1 atom stereocenters. The van der Waals surface area contributed by atoms with Crippen molar-refractivity contribution in [2.75, 3.05) is 18.8 Å². The predicted molar refractivity (Wildman–Crippen MR) is 122 cm³/mol. The molecule has 0 bridgehead atoms. The summed E-state index contributed by atoms with van der Waals surface area (Å²) >= 11 is 0. The maximum Gasteiger partial charge on any atom is 0.298 e. The summed E-state index contributed by atoms with van der Waals surface area (Å²) in [6.45, 7) is 2.88. The molecule has 0 radical (unpaired) electrons. The molecule has 9 nitrogen and oxygen atoms in total. The van der Waals surface area contributed by atoms with E-state index in [9.17, 15) is 4.79 Å². The topological polar surface area (TPSA) is 112 Å². The Bertz CT molecular complexity index is 1370. The maximum absolute atomic E-state index is 12.2. The Morgan fingerprint density at radius 3 is 2.76 bits per heavy atom. The fraction of sp³-hybridized carbons (Fsp3) is 0.208. The minimum atomic E-state index is -0.155. The number of imidazole rings is 1. The van der Waals surface area contributed by atoms with Crippen molar-refractivity contribution in [3.8, 4) is 35.0 Å². The fourth-order valence-electron chi connectivity index (χ4n) is 4.02. The highest BCUT2D eigenvalue weighted by Crippen LogP contribution is 2.34. The number of fused-ring (bicyclic) bond motifs is 1. The summed E-state index contributed by atoms with van der Waals surface area (Å²) in [5, 5.41) is 0. The van der Waals surface area contributed by atoms with Crippen molar-refractivity contribution >= 4 is 17.4 Å². The number of amides is 1. The van der Waals surface area contributed by atoms with Crippen LogP contribution in [0.25, 0.3) is 16.9 Å². The second kappa shape index (κ2) is 8.59. The largest absolute Gasteiger partial charge is 0.421 e. The maximum atomic E-state index is 12.2. The average molecular weight is 439 g/mol. The number of rotatable bonds is 4. The van der Waals surface area contributed by atoms with Crippen molar-refractivity contribution in [1.29, 1.82) is 0 Å². The van der Waals surface area contributed by atoms with Gasteiger partial charge >= 0.3 is 0 Å². The first-order valence-corrected chi connectivity index (χ1v) is 10.5. The highest BCUT2D eigenvalue weighted by Gasteiger charge is 2.30. The van der Waals surface area contributed by atoms with Crippen LogP contribution in [-0.4, -0.2) is 48.2 Å². The summed E-state index contributed by atoms with van der Waals surface area (Å²) in [5.41, 5.74) is 8.75. The van der Waals surface area contributed by atoms with Crippen molar-refractivity contribution in [2.24, 2.45) is 0 Å². The number of hydrogen-bond donors (Lipinski definition) is 1. The summed E-state index contributed by atoms with van der Waals surface area (Å²) in [4.78, 5) is 31.7. The highest BCUT2D eigenvalue weighted by atomic mass is 16.5. The first-order chi connectivity index (χ1) is 16.1. The van der Waals surface area contributed by atoms with Gasteiger partial charge in [-0.2, -0.15) is 0 Å². The third kappa shape index (κ3) is 3.94. The SMILES string of the molecule is CC#CC(=O)N1CCC(c2nc(-c3ccc(Oc4ccccn4)nc3)n3c(N)nccc23)C1. The van der Waals surface area contributed by atoms with Crippen LogP contribution >= 0.6 is 0 Å². The Kier molecular flexibility index (Phi) is 5.32. The molecule has 1 aliphatic rings. The number of nitrogens with zero attached hydrogens (tertiary/aromatic N) is 6. The Morgan fingerprint density at radius 1 is 1.12 bits per heavy atom. The Hall–Kier alpha value is -4.45. The zero-order valence-electron chi connectivity index (χ0n) is 18.0. The van der Waals surface area contributed by atoms with Crippen molar-refractivity contribution in [1.82, 2.24) is 29.2 Å². The third-order valence-corrected chi connectivity index (χ3v) is 5.55. The van der Waals surface area contributed by atoms with Crippen LogP contribution in [0.1, 0.15) is 25.0 Å². The lowest BCUT2D eigenvalue weighted by Crippen LogP contribution is -2.26. The fourth-order valence-corrected chi connectivity index (χ4v) is 4.02. The van der Waals surface area contributed by atoms with Crippen LogP contribution in [0.3, 0.4) is 0 Å². The van der Waals surface area contributed by atoms with Gasteiger partial charge in [0.1, 0.15) is 5.82 Å². The van der Waals surface area contributed by atoms with E-state index in [1.54, 1.807) is 42.5 Å². The van der Waals surface area contributed by atoms with E-state index in [0.717, 1.165) is 23.2 Å². The lowest BCUT2D eigenvalue weighted by molar-refractivity contribution is -0.124. The normalized spacial score (nSPS) is 15.3. The van der Waals surface area contributed by atoms with E-state index in [1.807, 2.05) is 28.7 Å². The number of hydrogen-bond acceptors (Lipinski definition) is 7. The van der Waals surface area contributed by atoms with Crippen molar-refractivity contribution in [3.05, 3.63) is 60.7 Å². The number of anilines is 1. The molecule has 5 rings (SSSR count). The summed E-state index contributed by atoms with van der Waals surface area (Å²) in [6, 6.07) is 11.0. The lowest BCUT2D eigenvalue weighted by atomic mass is 10.0. The molecule has 1 aliphatic heterocycles. The summed E-state index contributed by atoms with van der Waals surface area (Å²) in [5.74, 6) is 7.08. The molecule has 4 aromatic rings. The Morgan fingerprint density at radius 2 is 2.00 bits per heavy atom. The number of nitrogen functional groups attached to an aromatic ring is 1. The molecule has 33 heavy (non-hydrogen) atoms. The highest BCUT2D eigenvalue weighted by molar-refractivity contribution is 5.93. The van der Waals surface area contributed by atoms with Crippen LogP contribution < -0.4 is 10.5 Å². The first-order valence-electron chi connectivity index (χ1n) is 10.5. The van der Waals surface area contributed by atoms with Crippen molar-refractivity contribution in [3.63, 3.8) is 0 Å². The molecule has 164 valence electrons. The third-order valence-electron chi connectivity index (χ3n) is 5.55. The van der Waals surface area contributed by atoms with Crippen LogP contribution in [0, 0.1) is 11.8 Å². The number of carbonyl (C=O) groups excluding carboxylic acids is 1. The Labute approximate surface area is 190 Å². The number of likely N-dealkylation sites (tertiary alicyclic amines) is 1. The first kappa shape index (κ1) is 20.5. The zero-order chi connectivity index (χ0) is 22.8. The molecular weight excluding hydrogens is 418 g/mol. The zero-order valence-corrected chi connectivity index (χ0v) is 18.0. The number of carbonyl (C=O) groups is 1. The molecule has 1 fully saturated rings. The second-order valence-corrected chi connectivity index (χ2v) is 7.61. The standard InChI is InChI=1S/C24H21N7O2/c1-2-5-21(32)30-13-10-17(15-30)22-18-9-12-27-24(25)31(18)23(29-22)16-7-8-20(28-14-16)33-19-6-3-4-11-26-19/h3-4,6-9,11-12,14,17H,10,13,15H2,1H3,(H2,25,27). The quantitative estimate of drug-likeness (QED) is 0.487. The van der Waals surface area contributed by atoms with Gasteiger partial charge in [0, 0.05) is 55.3 Å². The molecule has 1 saturated heterocycles. The van der Waals surface area contributed by atoms with Gasteiger partial charge < -0.3 is 15.4 Å². The van der Waals surface area contributed by atoms with Gasteiger partial charge in [0.05, 0.1) is 11.2 Å². The van der Waals surface area contributed by atoms with Gasteiger partial charge in [-0.25, -0.2) is 19.9 Å². The van der Waals surface area contributed by atoms with Gasteiger partial charge in [-0.05, 0) is 37.5 Å². The minimum Gasteiger partial charge on any atom is -0.421 e. The van der Waals surface area contributed by atoms with Gasteiger partial charge in [0.2, 0.25) is 17.7 Å². The van der Waals surface area contributed by atoms with Gasteiger partial charge in [-0.1, -0.05) is 12.0 Å². The number of nitrogens with two attached hydrogens (primary N) is 1. The molecule has 0 saturated carbocycles. The van der Waals surface area contributed by atoms with E-state index in [2.05, 4.69) is 26.8 Å². The predicted octanol–water partition coefficient (Wildman–Crippen LogP) is 2.90. The number of aromatic nitrogens is 5. The van der Waals surface area contributed by atoms with Crippen LogP contribution in [0.4, 0.5) is 5.95 Å². The molecule has 4 aromatic heterocycles. The van der Waals surface area contributed by atoms with Crippen molar-refractivity contribution in [2.45, 2.75) is 19.3 Å². The van der Waals surface area contributed by atoms with E-state index < -0.39 is 0 Å². The van der Waals surface area contributed by atoms with Crippen molar-refractivity contribution < 1.29 is 9.53 Å². The molecular formula is C24H21N7O2. The van der Waals surface area contributed by atoms with Gasteiger partial charge in [0.15, 0.2) is 0 Å². The molecule has 1 amide bonds. The van der Waals surface area contributed by atoms with E-state index >= 15 is 0 Å². The second-order valence-electron chi connectivity index (χ2n) is 7.61. The van der Waals surface area contributed by atoms with Crippen LogP contribution in [0.2, 0.25) is 0 Å². The molecule has 5 heterocycles. The molecule has 0 aromatic carbocycles. The molecule has 0 spiro atoms. The summed E-state index contributed by atoms with van der Waals surface area (Å²) in [6.07, 6.45) is 5.82. The van der Waals surface area contributed by atoms with E-state index in [0.29, 0.717) is 36.6 Å². The molecule has 2 N–H and O–H groups in total. The van der Waals surface area contributed by atoms with E-state index in [4.69, 9.17) is 15.5 Å². The molecule has 0 aliphatic carbocycles. The Balaban J connectivity index is 1.48. The van der Waals surface area contributed by atoms with Crippen LogP contribution in [0.5, 0.6) is 11.8 Å². The summed E-state index contributed by atoms with van der Waals surface area (Å²) in [7, 11) is 0. The summed E-state index contributed by atoms with van der Waals surface area (Å²) < 4.78 is 7.51.